The molecule has 0 amide bonds. The van der Waals surface area contributed by atoms with Crippen molar-refractivity contribution in [3.05, 3.63) is 54.2 Å². The molecule has 2 aromatic rings. The van der Waals surface area contributed by atoms with Gasteiger partial charge in [-0.3, -0.25) is 4.98 Å². The van der Waals surface area contributed by atoms with Gasteiger partial charge in [-0.25, -0.2) is 0 Å². The minimum absolute atomic E-state index is 0.807. The van der Waals surface area contributed by atoms with Crippen LogP contribution in [0, 0.1) is 0 Å². The molecule has 0 aliphatic rings. The Hall–Kier alpha value is -1.61. The van der Waals surface area contributed by atoms with E-state index in [1.807, 2.05) is 36.5 Å². The molecule has 1 N–H and O–H groups in total. The van der Waals surface area contributed by atoms with Gasteiger partial charge in [0.25, 0.3) is 0 Å². The van der Waals surface area contributed by atoms with Crippen LogP contribution in [0.2, 0.25) is 0 Å². The Labute approximate surface area is 89.1 Å². The van der Waals surface area contributed by atoms with E-state index in [9.17, 15) is 0 Å². The van der Waals surface area contributed by atoms with E-state index in [1.54, 1.807) is 6.26 Å². The Morgan fingerprint density at radius 1 is 1.20 bits per heavy atom. The summed E-state index contributed by atoms with van der Waals surface area (Å²) in [4.78, 5) is 4.23. The van der Waals surface area contributed by atoms with Gasteiger partial charge in [0.15, 0.2) is 0 Å². The number of hydrogen-bond donors (Lipinski definition) is 1. The minimum atomic E-state index is 0.807. The van der Waals surface area contributed by atoms with Crippen LogP contribution in [0.15, 0.2) is 47.2 Å². The highest BCUT2D eigenvalue weighted by molar-refractivity contribution is 5.03. The molecule has 2 aromatic heterocycles. The standard InChI is InChI=1S/C12H14N2O/c1-2-7-14-11(4-1)10-13-8-6-12-5-3-9-15-12/h1-5,7,9,13H,6,8,10H2. The van der Waals surface area contributed by atoms with Crippen LogP contribution in [0.1, 0.15) is 11.5 Å². The molecule has 3 heteroatoms. The summed E-state index contributed by atoms with van der Waals surface area (Å²) in [5, 5.41) is 3.32. The predicted molar refractivity (Wildman–Crippen MR) is 58.4 cm³/mol. The van der Waals surface area contributed by atoms with E-state index in [1.165, 1.54) is 0 Å². The highest BCUT2D eigenvalue weighted by Crippen LogP contribution is 1.99. The summed E-state index contributed by atoms with van der Waals surface area (Å²) in [5.74, 6) is 1.02. The molecule has 0 atom stereocenters. The molecule has 0 saturated carbocycles. The molecule has 78 valence electrons. The number of pyridine rings is 1. The molecule has 0 aliphatic heterocycles. The summed E-state index contributed by atoms with van der Waals surface area (Å²) in [7, 11) is 0. The van der Waals surface area contributed by atoms with E-state index >= 15 is 0 Å². The SMILES string of the molecule is c1ccc(CNCCc2ccco2)nc1. The van der Waals surface area contributed by atoms with Gasteiger partial charge in [0.1, 0.15) is 5.76 Å². The third-order valence-corrected chi connectivity index (χ3v) is 2.16. The van der Waals surface area contributed by atoms with Crippen LogP contribution in [0.4, 0.5) is 0 Å². The van der Waals surface area contributed by atoms with Crippen LogP contribution < -0.4 is 5.32 Å². The van der Waals surface area contributed by atoms with Crippen molar-refractivity contribution in [1.29, 1.82) is 0 Å². The largest absolute Gasteiger partial charge is 0.469 e. The molecule has 0 unspecified atom stereocenters. The van der Waals surface area contributed by atoms with Crippen LogP contribution in [0.5, 0.6) is 0 Å². The second-order valence-corrected chi connectivity index (χ2v) is 3.33. The van der Waals surface area contributed by atoms with Gasteiger partial charge in [0.2, 0.25) is 0 Å². The van der Waals surface area contributed by atoms with Crippen molar-refractivity contribution in [3.63, 3.8) is 0 Å². The van der Waals surface area contributed by atoms with Crippen molar-refractivity contribution in [2.24, 2.45) is 0 Å². The summed E-state index contributed by atoms with van der Waals surface area (Å²) >= 11 is 0. The number of nitrogens with zero attached hydrogens (tertiary/aromatic N) is 1. The third kappa shape index (κ3) is 3.22. The zero-order valence-corrected chi connectivity index (χ0v) is 8.52. The molecule has 3 nitrogen and oxygen atoms in total. The average molecular weight is 202 g/mol. The van der Waals surface area contributed by atoms with E-state index in [4.69, 9.17) is 4.42 Å². The van der Waals surface area contributed by atoms with Crippen molar-refractivity contribution >= 4 is 0 Å². The Morgan fingerprint density at radius 2 is 2.20 bits per heavy atom. The molecule has 0 fully saturated rings. The summed E-state index contributed by atoms with van der Waals surface area (Å²) in [6.45, 7) is 1.71. The highest BCUT2D eigenvalue weighted by Gasteiger charge is 1.95. The lowest BCUT2D eigenvalue weighted by Crippen LogP contribution is -2.17. The lowest BCUT2D eigenvalue weighted by Gasteiger charge is -2.02. The fraction of sp³-hybridized carbons (Fsp3) is 0.250. The molecular weight excluding hydrogens is 188 g/mol. The van der Waals surface area contributed by atoms with Crippen LogP contribution in [0.25, 0.3) is 0 Å². The molecule has 2 rings (SSSR count). The first-order valence-electron chi connectivity index (χ1n) is 5.08. The number of furan rings is 1. The summed E-state index contributed by atoms with van der Waals surface area (Å²) in [6.07, 6.45) is 4.43. The molecule has 15 heavy (non-hydrogen) atoms. The fourth-order valence-electron chi connectivity index (χ4n) is 1.39. The Morgan fingerprint density at radius 3 is 2.93 bits per heavy atom. The highest BCUT2D eigenvalue weighted by atomic mass is 16.3. The van der Waals surface area contributed by atoms with E-state index < -0.39 is 0 Å². The van der Waals surface area contributed by atoms with E-state index in [-0.39, 0.29) is 0 Å². The Balaban J connectivity index is 1.68. The van der Waals surface area contributed by atoms with Crippen LogP contribution >= 0.6 is 0 Å². The second kappa shape index (κ2) is 5.32. The maximum absolute atomic E-state index is 5.23. The van der Waals surface area contributed by atoms with Crippen molar-refractivity contribution in [3.8, 4) is 0 Å². The van der Waals surface area contributed by atoms with Crippen LogP contribution in [-0.4, -0.2) is 11.5 Å². The zero-order chi connectivity index (χ0) is 10.3. The lowest BCUT2D eigenvalue weighted by atomic mass is 10.3. The number of nitrogens with one attached hydrogen (secondary N) is 1. The first kappa shape index (κ1) is 9.93. The van der Waals surface area contributed by atoms with E-state index in [0.717, 1.165) is 31.0 Å². The van der Waals surface area contributed by atoms with Gasteiger partial charge >= 0.3 is 0 Å². The number of hydrogen-bond acceptors (Lipinski definition) is 3. The van der Waals surface area contributed by atoms with Gasteiger partial charge in [0, 0.05) is 25.7 Å². The molecule has 0 aromatic carbocycles. The number of aromatic nitrogens is 1. The average Bonchev–Trinajstić information content (AvgIpc) is 2.79. The van der Waals surface area contributed by atoms with E-state index in [0.29, 0.717) is 0 Å². The molecule has 0 bridgehead atoms. The fourth-order valence-corrected chi connectivity index (χ4v) is 1.39. The third-order valence-electron chi connectivity index (χ3n) is 2.16. The Kier molecular flexibility index (Phi) is 3.52. The molecule has 2 heterocycles. The summed E-state index contributed by atoms with van der Waals surface area (Å²) in [5.41, 5.74) is 1.07. The van der Waals surface area contributed by atoms with Crippen molar-refractivity contribution < 1.29 is 4.42 Å². The Bertz CT molecular complexity index is 370. The molecule has 0 spiro atoms. The smallest absolute Gasteiger partial charge is 0.105 e. The molecule has 0 saturated heterocycles. The summed E-state index contributed by atoms with van der Waals surface area (Å²) < 4.78 is 5.23. The van der Waals surface area contributed by atoms with Gasteiger partial charge in [-0.2, -0.15) is 0 Å². The maximum atomic E-state index is 5.23. The predicted octanol–water partition coefficient (Wildman–Crippen LogP) is 2.01. The lowest BCUT2D eigenvalue weighted by molar-refractivity contribution is 0.498. The van der Waals surface area contributed by atoms with Gasteiger partial charge < -0.3 is 9.73 Å². The quantitative estimate of drug-likeness (QED) is 0.754. The van der Waals surface area contributed by atoms with Gasteiger partial charge in [-0.1, -0.05) is 6.07 Å². The van der Waals surface area contributed by atoms with Gasteiger partial charge in [-0.15, -0.1) is 0 Å². The van der Waals surface area contributed by atoms with Crippen molar-refractivity contribution in [2.75, 3.05) is 6.54 Å². The molecular formula is C12H14N2O. The van der Waals surface area contributed by atoms with E-state index in [2.05, 4.69) is 10.3 Å². The minimum Gasteiger partial charge on any atom is -0.469 e. The first-order valence-corrected chi connectivity index (χ1v) is 5.08. The van der Waals surface area contributed by atoms with Crippen LogP contribution in [0.3, 0.4) is 0 Å². The van der Waals surface area contributed by atoms with Crippen molar-refractivity contribution in [1.82, 2.24) is 10.3 Å². The summed E-state index contributed by atoms with van der Waals surface area (Å²) in [6, 6.07) is 9.83. The maximum Gasteiger partial charge on any atom is 0.105 e. The number of rotatable bonds is 5. The van der Waals surface area contributed by atoms with Gasteiger partial charge in [-0.05, 0) is 24.3 Å². The molecule has 0 aliphatic carbocycles. The molecule has 0 radical (unpaired) electrons. The topological polar surface area (TPSA) is 38.1 Å². The normalized spacial score (nSPS) is 10.4. The van der Waals surface area contributed by atoms with Gasteiger partial charge in [0.05, 0.1) is 12.0 Å². The van der Waals surface area contributed by atoms with Crippen LogP contribution in [-0.2, 0) is 13.0 Å². The zero-order valence-electron chi connectivity index (χ0n) is 8.52. The monoisotopic (exact) mass is 202 g/mol. The van der Waals surface area contributed by atoms with Crippen molar-refractivity contribution in [2.45, 2.75) is 13.0 Å². The second-order valence-electron chi connectivity index (χ2n) is 3.33. The first-order chi connectivity index (χ1) is 7.45.